The smallest absolute Gasteiger partial charge is 0.343 e. The Morgan fingerprint density at radius 2 is 1.77 bits per heavy atom. The molecular weight excluding hydrogens is 340 g/mol. The Labute approximate surface area is 151 Å². The van der Waals surface area contributed by atoms with E-state index in [0.717, 1.165) is 31.4 Å². The van der Waals surface area contributed by atoms with Crippen LogP contribution >= 0.6 is 0 Å². The van der Waals surface area contributed by atoms with Gasteiger partial charge in [0.1, 0.15) is 11.8 Å². The van der Waals surface area contributed by atoms with E-state index in [0.29, 0.717) is 12.4 Å². The van der Waals surface area contributed by atoms with Crippen molar-refractivity contribution >= 4 is 5.97 Å². The third-order valence-corrected chi connectivity index (χ3v) is 3.73. The van der Waals surface area contributed by atoms with Crippen LogP contribution in [0.25, 0.3) is 0 Å². The van der Waals surface area contributed by atoms with Gasteiger partial charge in [0.15, 0.2) is 11.6 Å². The molecule has 0 saturated heterocycles. The van der Waals surface area contributed by atoms with E-state index in [9.17, 15) is 13.6 Å². The number of nitriles is 1. The van der Waals surface area contributed by atoms with Crippen molar-refractivity contribution < 1.29 is 23.0 Å². The summed E-state index contributed by atoms with van der Waals surface area (Å²) in [7, 11) is 0. The minimum Gasteiger partial charge on any atom is -0.494 e. The number of carbonyl (C=O) groups excluding carboxylic acids is 1. The first kappa shape index (κ1) is 19.4. The summed E-state index contributed by atoms with van der Waals surface area (Å²) in [6.45, 7) is 2.73. The van der Waals surface area contributed by atoms with E-state index in [1.54, 1.807) is 12.1 Å². The van der Waals surface area contributed by atoms with Gasteiger partial charge >= 0.3 is 5.97 Å². The Kier molecular flexibility index (Phi) is 7.10. The summed E-state index contributed by atoms with van der Waals surface area (Å²) in [6.07, 6.45) is 4.38. The maximum absolute atomic E-state index is 13.8. The van der Waals surface area contributed by atoms with Crippen LogP contribution in [0.3, 0.4) is 0 Å². The third kappa shape index (κ3) is 5.03. The molecule has 0 heterocycles. The first-order valence-electron chi connectivity index (χ1n) is 8.40. The van der Waals surface area contributed by atoms with E-state index in [-0.39, 0.29) is 5.56 Å². The van der Waals surface area contributed by atoms with E-state index >= 15 is 0 Å². The van der Waals surface area contributed by atoms with Gasteiger partial charge in [-0.05, 0) is 42.8 Å². The Hall–Kier alpha value is -2.94. The molecule has 0 amide bonds. The summed E-state index contributed by atoms with van der Waals surface area (Å²) in [5.41, 5.74) is -0.282. The fraction of sp³-hybridized carbons (Fsp3) is 0.300. The number of halogens is 2. The standard InChI is InChI=1S/C20H19F2NO3/c1-2-3-4-5-12-25-16-9-6-14(7-10-16)20(24)26-17-11-8-15(13-23)18(21)19(17)22/h6-11H,2-5,12H2,1H3. The second kappa shape index (κ2) is 9.52. The number of hydrogen-bond acceptors (Lipinski definition) is 4. The Balaban J connectivity index is 1.96. The van der Waals surface area contributed by atoms with Crippen LogP contribution in [0.2, 0.25) is 0 Å². The molecule has 26 heavy (non-hydrogen) atoms. The fourth-order valence-electron chi connectivity index (χ4n) is 2.26. The fourth-order valence-corrected chi connectivity index (χ4v) is 2.26. The predicted octanol–water partition coefficient (Wildman–Crippen LogP) is 5.01. The average Bonchev–Trinajstić information content (AvgIpc) is 2.66. The quantitative estimate of drug-likeness (QED) is 0.377. The molecule has 0 aliphatic carbocycles. The van der Waals surface area contributed by atoms with Gasteiger partial charge in [0.05, 0.1) is 17.7 Å². The van der Waals surface area contributed by atoms with Gasteiger partial charge in [0.2, 0.25) is 5.82 Å². The Bertz CT molecular complexity index is 798. The number of nitrogens with zero attached hydrogens (tertiary/aromatic N) is 1. The Morgan fingerprint density at radius 1 is 1.04 bits per heavy atom. The molecule has 0 aliphatic rings. The highest BCUT2D eigenvalue weighted by Gasteiger charge is 2.18. The molecule has 4 nitrogen and oxygen atoms in total. The number of carbonyl (C=O) groups is 1. The van der Waals surface area contributed by atoms with E-state index in [4.69, 9.17) is 14.7 Å². The molecule has 6 heteroatoms. The third-order valence-electron chi connectivity index (χ3n) is 3.73. The summed E-state index contributed by atoms with van der Waals surface area (Å²) in [6, 6.07) is 9.82. The van der Waals surface area contributed by atoms with Crippen molar-refractivity contribution in [3.8, 4) is 17.6 Å². The lowest BCUT2D eigenvalue weighted by atomic mass is 10.2. The molecule has 2 aromatic rings. The van der Waals surface area contributed by atoms with Crippen molar-refractivity contribution in [3.63, 3.8) is 0 Å². The van der Waals surface area contributed by atoms with Crippen LogP contribution in [-0.4, -0.2) is 12.6 Å². The maximum Gasteiger partial charge on any atom is 0.343 e. The van der Waals surface area contributed by atoms with Gasteiger partial charge in [-0.25, -0.2) is 9.18 Å². The van der Waals surface area contributed by atoms with Crippen LogP contribution in [0.4, 0.5) is 8.78 Å². The maximum atomic E-state index is 13.8. The molecule has 136 valence electrons. The van der Waals surface area contributed by atoms with Crippen LogP contribution in [0.1, 0.15) is 48.5 Å². The normalized spacial score (nSPS) is 10.2. The van der Waals surface area contributed by atoms with Gasteiger partial charge in [-0.15, -0.1) is 0 Å². The lowest BCUT2D eigenvalue weighted by Gasteiger charge is -2.08. The summed E-state index contributed by atoms with van der Waals surface area (Å²) in [5, 5.41) is 8.65. The van der Waals surface area contributed by atoms with Crippen LogP contribution < -0.4 is 9.47 Å². The van der Waals surface area contributed by atoms with Gasteiger partial charge in [-0.3, -0.25) is 0 Å². The van der Waals surface area contributed by atoms with Gasteiger partial charge in [0.25, 0.3) is 0 Å². The highest BCUT2D eigenvalue weighted by molar-refractivity contribution is 5.91. The van der Waals surface area contributed by atoms with E-state index in [1.807, 2.05) is 0 Å². The molecule has 0 N–H and O–H groups in total. The number of ether oxygens (including phenoxy) is 2. The molecule has 0 aromatic heterocycles. The number of benzene rings is 2. The lowest BCUT2D eigenvalue weighted by molar-refractivity contribution is 0.0726. The highest BCUT2D eigenvalue weighted by Crippen LogP contribution is 2.23. The number of rotatable bonds is 8. The molecule has 0 unspecified atom stereocenters. The molecule has 0 spiro atoms. The number of esters is 1. The molecule has 0 saturated carbocycles. The van der Waals surface area contributed by atoms with Crippen LogP contribution in [0.5, 0.6) is 11.5 Å². The summed E-state index contributed by atoms with van der Waals surface area (Å²) in [4.78, 5) is 12.1. The van der Waals surface area contributed by atoms with Crippen molar-refractivity contribution in [1.29, 1.82) is 5.26 Å². The second-order valence-corrected chi connectivity index (χ2v) is 5.67. The minimum absolute atomic E-state index is 0.174. The molecular formula is C20H19F2NO3. The molecule has 0 atom stereocenters. The Morgan fingerprint density at radius 3 is 2.42 bits per heavy atom. The van der Waals surface area contributed by atoms with Crippen molar-refractivity contribution in [1.82, 2.24) is 0 Å². The number of unbranched alkanes of at least 4 members (excludes halogenated alkanes) is 3. The second-order valence-electron chi connectivity index (χ2n) is 5.67. The first-order chi connectivity index (χ1) is 12.6. The van der Waals surface area contributed by atoms with Gasteiger partial charge in [-0.1, -0.05) is 26.2 Å². The topological polar surface area (TPSA) is 59.3 Å². The summed E-state index contributed by atoms with van der Waals surface area (Å²) < 4.78 is 37.8. The van der Waals surface area contributed by atoms with Crippen LogP contribution in [-0.2, 0) is 0 Å². The monoisotopic (exact) mass is 359 g/mol. The predicted molar refractivity (Wildman–Crippen MR) is 92.1 cm³/mol. The zero-order valence-electron chi connectivity index (χ0n) is 14.4. The van der Waals surface area contributed by atoms with E-state index in [1.165, 1.54) is 24.6 Å². The van der Waals surface area contributed by atoms with E-state index in [2.05, 4.69) is 6.92 Å². The zero-order chi connectivity index (χ0) is 18.9. The SMILES string of the molecule is CCCCCCOc1ccc(C(=O)Oc2ccc(C#N)c(F)c2F)cc1. The lowest BCUT2D eigenvalue weighted by Crippen LogP contribution is -2.10. The minimum atomic E-state index is -1.37. The average molecular weight is 359 g/mol. The van der Waals surface area contributed by atoms with Crippen molar-refractivity contribution in [3.05, 3.63) is 59.2 Å². The van der Waals surface area contributed by atoms with Gasteiger partial charge in [-0.2, -0.15) is 9.65 Å². The number of hydrogen-bond donors (Lipinski definition) is 0. The van der Waals surface area contributed by atoms with Crippen molar-refractivity contribution in [2.45, 2.75) is 32.6 Å². The first-order valence-corrected chi connectivity index (χ1v) is 8.40. The van der Waals surface area contributed by atoms with Gasteiger partial charge < -0.3 is 9.47 Å². The largest absolute Gasteiger partial charge is 0.494 e. The molecule has 0 bridgehead atoms. The molecule has 0 fully saturated rings. The molecule has 2 rings (SSSR count). The summed E-state index contributed by atoms with van der Waals surface area (Å²) >= 11 is 0. The molecule has 0 aliphatic heterocycles. The van der Waals surface area contributed by atoms with Crippen LogP contribution in [0.15, 0.2) is 36.4 Å². The van der Waals surface area contributed by atoms with Crippen molar-refractivity contribution in [2.75, 3.05) is 6.61 Å². The molecule has 2 aromatic carbocycles. The summed E-state index contributed by atoms with van der Waals surface area (Å²) in [5.74, 6) is -3.49. The van der Waals surface area contributed by atoms with Crippen molar-refractivity contribution in [2.24, 2.45) is 0 Å². The highest BCUT2D eigenvalue weighted by atomic mass is 19.2. The molecule has 0 radical (unpaired) electrons. The zero-order valence-corrected chi connectivity index (χ0v) is 14.4. The van der Waals surface area contributed by atoms with Crippen LogP contribution in [0, 0.1) is 23.0 Å². The van der Waals surface area contributed by atoms with E-state index < -0.39 is 28.9 Å². The van der Waals surface area contributed by atoms with Gasteiger partial charge in [0, 0.05) is 0 Å².